The maximum atomic E-state index is 13.9. The zero-order valence-corrected chi connectivity index (χ0v) is 20.4. The van der Waals surface area contributed by atoms with Gasteiger partial charge in [0, 0.05) is 12.2 Å². The van der Waals surface area contributed by atoms with Crippen LogP contribution in [0.4, 0.5) is 5.69 Å². The van der Waals surface area contributed by atoms with E-state index in [9.17, 15) is 19.5 Å². The van der Waals surface area contributed by atoms with Crippen LogP contribution in [0.15, 0.2) is 30.3 Å². The largest absolute Gasteiger partial charge is 0.394 e. The molecule has 3 heterocycles. The molecule has 3 N–H and O–H groups in total. The normalized spacial score (nSPS) is 32.5. The van der Waals surface area contributed by atoms with Crippen LogP contribution in [0.3, 0.4) is 0 Å². The van der Waals surface area contributed by atoms with Gasteiger partial charge < -0.3 is 25.4 Å². The molecule has 1 aromatic carbocycles. The summed E-state index contributed by atoms with van der Waals surface area (Å²) in [6.45, 7) is 6.14. The van der Waals surface area contributed by atoms with E-state index in [0.29, 0.717) is 31.5 Å². The minimum absolute atomic E-state index is 0.247. The molecule has 0 aromatic heterocycles. The number of hydrogen-bond donors (Lipinski definition) is 3. The highest BCUT2D eigenvalue weighted by Gasteiger charge is 2.78. The fraction of sp³-hybridized carbons (Fsp3) is 0.654. The van der Waals surface area contributed by atoms with Crippen molar-refractivity contribution in [3.05, 3.63) is 30.3 Å². The van der Waals surface area contributed by atoms with Crippen LogP contribution >= 0.6 is 0 Å². The molecule has 3 saturated heterocycles. The van der Waals surface area contributed by atoms with Crippen molar-refractivity contribution in [1.29, 1.82) is 0 Å². The Morgan fingerprint density at radius 1 is 1.18 bits per heavy atom. The maximum absolute atomic E-state index is 13.9. The molecule has 8 heteroatoms. The lowest BCUT2D eigenvalue weighted by Gasteiger charge is -2.36. The number of rotatable bonds is 10. The third-order valence-corrected chi connectivity index (χ3v) is 7.94. The van der Waals surface area contributed by atoms with Crippen LogP contribution in [0.2, 0.25) is 0 Å². The quantitative estimate of drug-likeness (QED) is 0.455. The van der Waals surface area contributed by atoms with Crippen molar-refractivity contribution in [2.45, 2.75) is 82.6 Å². The second kappa shape index (κ2) is 9.66. The van der Waals surface area contributed by atoms with Crippen LogP contribution in [0, 0.1) is 11.8 Å². The van der Waals surface area contributed by atoms with E-state index < -0.39 is 35.1 Å². The Hall–Kier alpha value is -2.45. The Kier molecular flexibility index (Phi) is 7.01. The number of para-hydroxylation sites is 1. The van der Waals surface area contributed by atoms with E-state index in [2.05, 4.69) is 17.6 Å². The van der Waals surface area contributed by atoms with Crippen molar-refractivity contribution in [3.8, 4) is 0 Å². The van der Waals surface area contributed by atoms with Crippen molar-refractivity contribution in [1.82, 2.24) is 10.2 Å². The summed E-state index contributed by atoms with van der Waals surface area (Å²) >= 11 is 0. The van der Waals surface area contributed by atoms with Gasteiger partial charge in [0.1, 0.15) is 11.6 Å². The first kappa shape index (κ1) is 24.7. The van der Waals surface area contributed by atoms with Gasteiger partial charge in [-0.15, -0.1) is 0 Å². The van der Waals surface area contributed by atoms with Gasteiger partial charge in [-0.1, -0.05) is 44.9 Å². The number of likely N-dealkylation sites (tertiary alicyclic amines) is 1. The number of anilines is 1. The molecule has 3 fully saturated rings. The molecule has 3 amide bonds. The first-order chi connectivity index (χ1) is 16.3. The van der Waals surface area contributed by atoms with Gasteiger partial charge in [0.2, 0.25) is 17.7 Å². The van der Waals surface area contributed by atoms with Crippen molar-refractivity contribution in [3.63, 3.8) is 0 Å². The summed E-state index contributed by atoms with van der Waals surface area (Å²) in [6, 6.07) is 7.78. The fourth-order valence-electron chi connectivity index (χ4n) is 6.30. The molecular weight excluding hydrogens is 434 g/mol. The molecule has 4 rings (SSSR count). The number of fused-ring (bicyclic) bond motifs is 1. The topological polar surface area (TPSA) is 108 Å². The summed E-state index contributed by atoms with van der Waals surface area (Å²) in [5.41, 5.74) is -1.24. The smallest absolute Gasteiger partial charge is 0.245 e. The van der Waals surface area contributed by atoms with Gasteiger partial charge in [0.05, 0.1) is 30.1 Å². The van der Waals surface area contributed by atoms with Crippen molar-refractivity contribution < 1.29 is 24.2 Å². The van der Waals surface area contributed by atoms with Crippen LogP contribution in [0.1, 0.15) is 59.3 Å². The van der Waals surface area contributed by atoms with E-state index in [4.69, 9.17) is 4.74 Å². The first-order valence-corrected chi connectivity index (χ1v) is 12.6. The second-order valence-electron chi connectivity index (χ2n) is 10.1. The molecule has 1 aromatic rings. The van der Waals surface area contributed by atoms with Crippen LogP contribution in [0.5, 0.6) is 0 Å². The lowest BCUT2D eigenvalue weighted by molar-refractivity contribution is -0.148. The lowest BCUT2D eigenvalue weighted by atomic mass is 9.66. The number of nitrogens with one attached hydrogen (secondary N) is 2. The van der Waals surface area contributed by atoms with Gasteiger partial charge in [0.25, 0.3) is 0 Å². The second-order valence-corrected chi connectivity index (χ2v) is 10.1. The molecule has 8 nitrogen and oxygen atoms in total. The molecule has 1 spiro atoms. The van der Waals surface area contributed by atoms with Crippen molar-refractivity contribution >= 4 is 23.4 Å². The summed E-state index contributed by atoms with van der Waals surface area (Å²) in [5, 5.41) is 16.0. The van der Waals surface area contributed by atoms with E-state index in [0.717, 1.165) is 19.3 Å². The number of nitrogens with zero attached hydrogens (tertiary/aromatic N) is 1. The average Bonchev–Trinajstić information content (AvgIpc) is 3.39. The van der Waals surface area contributed by atoms with Crippen LogP contribution in [-0.4, -0.2) is 64.2 Å². The number of aliphatic hydroxyl groups excluding tert-OH is 1. The lowest BCUT2D eigenvalue weighted by Crippen LogP contribution is -2.58. The molecule has 34 heavy (non-hydrogen) atoms. The van der Waals surface area contributed by atoms with Crippen LogP contribution in [0.25, 0.3) is 0 Å². The fourth-order valence-corrected chi connectivity index (χ4v) is 6.30. The van der Waals surface area contributed by atoms with E-state index in [-0.39, 0.29) is 24.3 Å². The minimum atomic E-state index is -1.07. The molecule has 0 saturated carbocycles. The highest BCUT2D eigenvalue weighted by Crippen LogP contribution is 2.63. The zero-order valence-electron chi connectivity index (χ0n) is 20.4. The summed E-state index contributed by atoms with van der Waals surface area (Å²) in [6.07, 6.45) is 4.53. The third kappa shape index (κ3) is 3.90. The number of carbonyl (C=O) groups is 3. The summed E-state index contributed by atoms with van der Waals surface area (Å²) in [4.78, 5) is 42.5. The van der Waals surface area contributed by atoms with Crippen molar-refractivity contribution in [2.75, 3.05) is 18.5 Å². The van der Waals surface area contributed by atoms with E-state index >= 15 is 0 Å². The van der Waals surface area contributed by atoms with Gasteiger partial charge >= 0.3 is 0 Å². The highest BCUT2D eigenvalue weighted by molar-refractivity contribution is 6.02. The number of hydrogen-bond acceptors (Lipinski definition) is 5. The van der Waals surface area contributed by atoms with Crippen molar-refractivity contribution in [2.24, 2.45) is 11.8 Å². The first-order valence-electron chi connectivity index (χ1n) is 12.6. The average molecular weight is 472 g/mol. The Labute approximate surface area is 201 Å². The Morgan fingerprint density at radius 2 is 1.91 bits per heavy atom. The van der Waals surface area contributed by atoms with E-state index in [1.807, 2.05) is 32.0 Å². The predicted molar refractivity (Wildman–Crippen MR) is 128 cm³/mol. The Morgan fingerprint density at radius 3 is 2.56 bits per heavy atom. The number of amides is 3. The van der Waals surface area contributed by atoms with E-state index in [1.165, 1.54) is 4.90 Å². The monoisotopic (exact) mass is 471 g/mol. The van der Waals surface area contributed by atoms with Gasteiger partial charge in [-0.25, -0.2) is 0 Å². The number of unbranched alkanes of at least 4 members (excludes halogenated alkanes) is 2. The molecule has 3 aliphatic rings. The standard InChI is InChI=1S/C26H37N3O5/c1-4-6-10-15-27-23(32)21-26-14-13-25(3,34-26)19(22(31)28-17-11-8-7-9-12-17)20(26)24(33)29(21)18(5-2)16-30/h7-9,11-12,18-21,30H,4-6,10,13-16H2,1-3H3,(H,27,32)(H,28,31)/t18-,19+,20-,21?,25-,26?/m0/s1. The molecular formula is C26H37N3O5. The Bertz CT molecular complexity index is 920. The minimum Gasteiger partial charge on any atom is -0.394 e. The molecule has 3 aliphatic heterocycles. The number of carbonyl (C=O) groups excluding carboxylic acids is 3. The van der Waals surface area contributed by atoms with Gasteiger partial charge in [-0.2, -0.15) is 0 Å². The predicted octanol–water partition coefficient (Wildman–Crippen LogP) is 2.47. The summed E-state index contributed by atoms with van der Waals surface area (Å²) < 4.78 is 6.58. The number of aliphatic hydroxyl groups is 1. The maximum Gasteiger partial charge on any atom is 0.245 e. The molecule has 0 aliphatic carbocycles. The van der Waals surface area contributed by atoms with Gasteiger partial charge in [-0.3, -0.25) is 14.4 Å². The third-order valence-electron chi connectivity index (χ3n) is 7.94. The van der Waals surface area contributed by atoms with Crippen LogP contribution < -0.4 is 10.6 Å². The number of benzene rings is 1. The number of ether oxygens (including phenoxy) is 1. The molecule has 2 bridgehead atoms. The summed E-state index contributed by atoms with van der Waals surface area (Å²) in [7, 11) is 0. The van der Waals surface area contributed by atoms with Gasteiger partial charge in [0.15, 0.2) is 0 Å². The van der Waals surface area contributed by atoms with Gasteiger partial charge in [-0.05, 0) is 44.7 Å². The Balaban J connectivity index is 1.68. The van der Waals surface area contributed by atoms with E-state index in [1.54, 1.807) is 12.1 Å². The van der Waals surface area contributed by atoms with Crippen LogP contribution in [-0.2, 0) is 19.1 Å². The molecule has 6 atom stereocenters. The zero-order chi connectivity index (χ0) is 24.5. The highest BCUT2D eigenvalue weighted by atomic mass is 16.5. The SMILES string of the molecule is CCCCCNC(=O)C1N([C@@H](CC)CO)C(=O)[C@@H]2[C@H](C(=O)Nc3ccccc3)[C@]3(C)CCC12O3. The summed E-state index contributed by atoms with van der Waals surface area (Å²) in [5.74, 6) is -2.28. The molecule has 186 valence electrons. The molecule has 0 radical (unpaired) electrons. The molecule has 2 unspecified atom stereocenters.